The van der Waals surface area contributed by atoms with Crippen molar-refractivity contribution in [2.75, 3.05) is 55.9 Å². The Morgan fingerprint density at radius 2 is 1.78 bits per heavy atom. The number of pyridine rings is 1. The second-order valence-electron chi connectivity index (χ2n) is 18.8. The summed E-state index contributed by atoms with van der Waals surface area (Å²) in [6.07, 6.45) is 8.22. The molecule has 0 bridgehead atoms. The summed E-state index contributed by atoms with van der Waals surface area (Å²) in [5, 5.41) is 6.26. The van der Waals surface area contributed by atoms with Gasteiger partial charge < -0.3 is 30.9 Å². The van der Waals surface area contributed by atoms with E-state index in [4.69, 9.17) is 27.1 Å². The molecular formula is C48H65ClF3N7O4. The Morgan fingerprint density at radius 3 is 2.43 bits per heavy atom. The zero-order valence-electron chi connectivity index (χ0n) is 37.6. The number of benzene rings is 2. The summed E-state index contributed by atoms with van der Waals surface area (Å²) < 4.78 is 45.3. The number of ether oxygens (including phenoxy) is 1. The summed E-state index contributed by atoms with van der Waals surface area (Å²) >= 11 is 6.59. The molecule has 2 fully saturated rings. The fraction of sp³-hybridized carbons (Fsp3) is 0.562. The Labute approximate surface area is 375 Å². The van der Waals surface area contributed by atoms with Crippen LogP contribution in [0, 0.1) is 16.7 Å². The molecule has 11 nitrogen and oxygen atoms in total. The van der Waals surface area contributed by atoms with Crippen LogP contribution in [0.15, 0.2) is 53.5 Å². The molecule has 0 spiro atoms. The van der Waals surface area contributed by atoms with Gasteiger partial charge in [-0.2, -0.15) is 13.2 Å². The number of hydrogen-bond donors (Lipinski definition) is 3. The highest BCUT2D eigenvalue weighted by atomic mass is 35.5. The number of rotatable bonds is 18. The van der Waals surface area contributed by atoms with Gasteiger partial charge in [0.05, 0.1) is 22.2 Å². The van der Waals surface area contributed by atoms with E-state index in [1.807, 2.05) is 52.6 Å². The van der Waals surface area contributed by atoms with Gasteiger partial charge in [0, 0.05) is 49.8 Å². The largest absolute Gasteiger partial charge is 0.444 e. The summed E-state index contributed by atoms with van der Waals surface area (Å²) in [6, 6.07) is 13.0. The first-order valence-electron chi connectivity index (χ1n) is 22.2. The van der Waals surface area contributed by atoms with Crippen molar-refractivity contribution in [3.05, 3.63) is 81.6 Å². The lowest BCUT2D eigenvalue weighted by Crippen LogP contribution is -2.37. The average molecular weight is 897 g/mol. The number of halogens is 4. The summed E-state index contributed by atoms with van der Waals surface area (Å²) in [7, 11) is 1.87. The van der Waals surface area contributed by atoms with Crippen molar-refractivity contribution in [2.24, 2.45) is 21.7 Å². The van der Waals surface area contributed by atoms with E-state index in [0.717, 1.165) is 108 Å². The summed E-state index contributed by atoms with van der Waals surface area (Å²) in [5.74, 6) is -0.377. The highest BCUT2D eigenvalue weighted by molar-refractivity contribution is 6.33. The number of anilines is 3. The monoisotopic (exact) mass is 895 g/mol. The number of esters is 1. The number of nitrogen functional groups attached to an aromatic ring is 1. The van der Waals surface area contributed by atoms with E-state index in [2.05, 4.69) is 32.7 Å². The highest BCUT2D eigenvalue weighted by Crippen LogP contribution is 2.46. The third kappa shape index (κ3) is 14.2. The second kappa shape index (κ2) is 21.8. The van der Waals surface area contributed by atoms with E-state index in [9.17, 15) is 27.6 Å². The fourth-order valence-corrected chi connectivity index (χ4v) is 8.82. The van der Waals surface area contributed by atoms with Gasteiger partial charge in [0.25, 0.3) is 5.91 Å². The van der Waals surface area contributed by atoms with Gasteiger partial charge in [0.2, 0.25) is 6.41 Å². The van der Waals surface area contributed by atoms with Gasteiger partial charge in [0.1, 0.15) is 11.4 Å². The van der Waals surface area contributed by atoms with Gasteiger partial charge >= 0.3 is 12.1 Å². The number of alkyl halides is 3. The fourth-order valence-electron chi connectivity index (χ4n) is 8.55. The first-order chi connectivity index (χ1) is 29.8. The first-order valence-corrected chi connectivity index (χ1v) is 22.5. The van der Waals surface area contributed by atoms with Crippen molar-refractivity contribution in [1.29, 1.82) is 0 Å². The molecule has 344 valence electrons. The molecular weight excluding hydrogens is 831 g/mol. The molecule has 1 saturated carbocycles. The zero-order chi connectivity index (χ0) is 46.0. The van der Waals surface area contributed by atoms with E-state index in [-0.39, 0.29) is 35.8 Å². The van der Waals surface area contributed by atoms with Crippen LogP contribution in [0.25, 0.3) is 0 Å². The van der Waals surface area contributed by atoms with Crippen LogP contribution in [0.2, 0.25) is 5.02 Å². The molecule has 0 atom stereocenters. The van der Waals surface area contributed by atoms with E-state index < -0.39 is 23.2 Å². The molecule has 3 aromatic rings. The van der Waals surface area contributed by atoms with Crippen LogP contribution in [-0.2, 0) is 26.9 Å². The van der Waals surface area contributed by atoms with Gasteiger partial charge in [-0.25, -0.2) is 4.98 Å². The maximum absolute atomic E-state index is 13.3. The molecule has 0 unspecified atom stereocenters. The molecule has 2 heterocycles. The molecule has 1 aromatic heterocycles. The molecule has 4 N–H and O–H groups in total. The number of nitrogens with one attached hydrogen (secondary N) is 2. The normalized spacial score (nSPS) is 19.0. The zero-order valence-corrected chi connectivity index (χ0v) is 38.4. The number of aryl methyl sites for hydroxylation is 1. The predicted molar refractivity (Wildman–Crippen MR) is 245 cm³/mol. The number of nitrogens with zero attached hydrogens (tertiary/aromatic N) is 4. The standard InChI is InChI=1S/C48H65ClF3N7O4/c1-32(2)37-28-39(53)35(27-41(37)57-44(61)40-8-7-9-43(56-40)48(50,51)52)29-55-36-16-24-59(25-17-36)23-15-33-12-18-47(19-13-33,21-22-54-30-60)20-14-34-10-11-38(49)42(26-34)58(6)31-63-45(62)46(3,4)5/h7-11,26-30,32-33,36H,12-25,31,53H2,1-6H3,(H,54,60)(H,57,61). The molecule has 1 aliphatic carbocycles. The molecule has 63 heavy (non-hydrogen) atoms. The molecule has 5 rings (SSSR count). The molecule has 2 aliphatic rings. The number of carbonyl (C=O) groups excluding carboxylic acids is 3. The van der Waals surface area contributed by atoms with Gasteiger partial charge in [-0.3, -0.25) is 19.4 Å². The Morgan fingerprint density at radius 1 is 1.06 bits per heavy atom. The predicted octanol–water partition coefficient (Wildman–Crippen LogP) is 9.91. The average Bonchev–Trinajstić information content (AvgIpc) is 3.24. The number of aromatic nitrogens is 1. The third-order valence-corrected chi connectivity index (χ3v) is 13.0. The maximum atomic E-state index is 13.3. The third-order valence-electron chi connectivity index (χ3n) is 12.6. The van der Waals surface area contributed by atoms with Crippen molar-refractivity contribution in [3.63, 3.8) is 0 Å². The van der Waals surface area contributed by atoms with E-state index >= 15 is 0 Å². The van der Waals surface area contributed by atoms with Crippen LogP contribution in [-0.4, -0.2) is 80.4 Å². The molecule has 2 aromatic carbocycles. The number of likely N-dealkylation sites (tertiary alicyclic amines) is 1. The van der Waals surface area contributed by atoms with E-state index in [1.54, 1.807) is 18.3 Å². The molecule has 2 amide bonds. The summed E-state index contributed by atoms with van der Waals surface area (Å²) in [5.41, 5.74) is 8.88. The Hall–Kier alpha value is -4.69. The number of amides is 2. The molecule has 15 heteroatoms. The van der Waals surface area contributed by atoms with Crippen molar-refractivity contribution < 1.29 is 32.3 Å². The molecule has 1 aliphatic heterocycles. The number of hydrogen-bond acceptors (Lipinski definition) is 9. The SMILES string of the molecule is CC(C)c1cc(N)c(C=NC2CCN(CCC3CCC(CCNC=O)(CCc4ccc(Cl)c(N(C)COC(=O)C(C)(C)C)c4)CC3)CC2)cc1NC(=O)c1cccc(C(F)(F)F)n1. The Balaban J connectivity index is 1.11. The van der Waals surface area contributed by atoms with E-state index in [1.165, 1.54) is 17.7 Å². The first kappa shape index (κ1) is 49.3. The minimum Gasteiger partial charge on any atom is -0.444 e. The summed E-state index contributed by atoms with van der Waals surface area (Å²) in [6.45, 7) is 13.1. The van der Waals surface area contributed by atoms with Gasteiger partial charge in [-0.05, 0) is 156 Å². The van der Waals surface area contributed by atoms with Crippen LogP contribution in [0.4, 0.5) is 30.2 Å². The Kier molecular flexibility index (Phi) is 17.1. The van der Waals surface area contributed by atoms with Gasteiger partial charge in [0.15, 0.2) is 6.73 Å². The van der Waals surface area contributed by atoms with Crippen LogP contribution in [0.3, 0.4) is 0 Å². The Bertz CT molecular complexity index is 2060. The second-order valence-corrected chi connectivity index (χ2v) is 19.2. The quantitative estimate of drug-likeness (QED) is 0.0286. The molecule has 1 saturated heterocycles. The minimum atomic E-state index is -4.67. The lowest BCUT2D eigenvalue weighted by atomic mass is 9.65. The van der Waals surface area contributed by atoms with Crippen molar-refractivity contribution >= 4 is 53.2 Å². The minimum absolute atomic E-state index is 0.0168. The number of nitrogens with two attached hydrogens (primary N) is 1. The van der Waals surface area contributed by atoms with Gasteiger partial charge in [-0.1, -0.05) is 37.6 Å². The van der Waals surface area contributed by atoms with Crippen LogP contribution < -0.4 is 21.3 Å². The lowest BCUT2D eigenvalue weighted by molar-refractivity contribution is -0.152. The van der Waals surface area contributed by atoms with Crippen LogP contribution in [0.5, 0.6) is 0 Å². The van der Waals surface area contributed by atoms with Crippen molar-refractivity contribution in [1.82, 2.24) is 15.2 Å². The van der Waals surface area contributed by atoms with Crippen molar-refractivity contribution in [2.45, 2.75) is 117 Å². The maximum Gasteiger partial charge on any atom is 0.433 e. The van der Waals surface area contributed by atoms with Gasteiger partial charge in [-0.15, -0.1) is 0 Å². The topological polar surface area (TPSA) is 142 Å². The number of piperidine rings is 1. The van der Waals surface area contributed by atoms with Crippen molar-refractivity contribution in [3.8, 4) is 0 Å². The van der Waals surface area contributed by atoms with Crippen LogP contribution in [0.1, 0.15) is 131 Å². The smallest absolute Gasteiger partial charge is 0.433 e. The van der Waals surface area contributed by atoms with Crippen LogP contribution >= 0.6 is 11.6 Å². The highest BCUT2D eigenvalue weighted by Gasteiger charge is 2.36. The lowest BCUT2D eigenvalue weighted by Gasteiger charge is -2.41. The number of carbonyl (C=O) groups is 3. The van der Waals surface area contributed by atoms with E-state index in [0.29, 0.717) is 34.4 Å². The number of aliphatic imine (C=N–C) groups is 1. The molecule has 0 radical (unpaired) electrons. The summed E-state index contributed by atoms with van der Waals surface area (Å²) in [4.78, 5) is 49.4.